The highest BCUT2D eigenvalue weighted by Gasteiger charge is 2.15. The molecule has 0 unspecified atom stereocenters. The zero-order valence-electron chi connectivity index (χ0n) is 10.7. The maximum absolute atomic E-state index is 11.6. The molecule has 0 aliphatic carbocycles. The summed E-state index contributed by atoms with van der Waals surface area (Å²) in [6, 6.07) is 1.44. The Hall–Kier alpha value is -1.46. The van der Waals surface area contributed by atoms with Gasteiger partial charge in [-0.1, -0.05) is 23.2 Å². The van der Waals surface area contributed by atoms with Gasteiger partial charge in [0.2, 0.25) is 0 Å². The van der Waals surface area contributed by atoms with Crippen molar-refractivity contribution in [3.63, 3.8) is 0 Å². The van der Waals surface area contributed by atoms with Crippen LogP contribution in [0.5, 0.6) is 0 Å². The van der Waals surface area contributed by atoms with Gasteiger partial charge in [-0.2, -0.15) is 4.99 Å². The van der Waals surface area contributed by atoms with Crippen LogP contribution in [-0.4, -0.2) is 21.6 Å². The van der Waals surface area contributed by atoms with Crippen LogP contribution in [0.4, 0.5) is 4.79 Å². The lowest BCUT2D eigenvalue weighted by molar-refractivity contribution is 0.0597. The van der Waals surface area contributed by atoms with Gasteiger partial charge >= 0.3 is 6.09 Å². The predicted molar refractivity (Wildman–Crippen MR) is 73.1 cm³/mol. The minimum absolute atomic E-state index is 0.0214. The molecule has 1 aromatic heterocycles. The summed E-state index contributed by atoms with van der Waals surface area (Å²) in [6.45, 7) is 5.22. The number of ether oxygens (including phenoxy) is 1. The molecule has 1 N–H and O–H groups in total. The highest BCUT2D eigenvalue weighted by atomic mass is 35.5. The van der Waals surface area contributed by atoms with Gasteiger partial charge in [-0.25, -0.2) is 9.52 Å². The van der Waals surface area contributed by atoms with Crippen molar-refractivity contribution in [3.05, 3.63) is 33.9 Å². The molecule has 0 aliphatic rings. The molecule has 5 nitrogen and oxygen atoms in total. The summed E-state index contributed by atoms with van der Waals surface area (Å²) in [7, 11) is 0. The first-order valence-corrected chi connectivity index (χ1v) is 6.15. The van der Waals surface area contributed by atoms with Gasteiger partial charge < -0.3 is 9.94 Å². The Morgan fingerprint density at radius 1 is 1.47 bits per heavy atom. The van der Waals surface area contributed by atoms with Gasteiger partial charge in [0.15, 0.2) is 0 Å². The maximum atomic E-state index is 11.6. The van der Waals surface area contributed by atoms with Crippen LogP contribution in [0.25, 0.3) is 6.08 Å². The van der Waals surface area contributed by atoms with Crippen LogP contribution in [-0.2, 0) is 4.74 Å². The first-order chi connectivity index (χ1) is 8.67. The van der Waals surface area contributed by atoms with Gasteiger partial charge in [-0.3, -0.25) is 0 Å². The van der Waals surface area contributed by atoms with Crippen molar-refractivity contribution in [2.45, 2.75) is 26.4 Å². The minimum atomic E-state index is -0.733. The quantitative estimate of drug-likeness (QED) is 0.809. The van der Waals surface area contributed by atoms with E-state index in [-0.39, 0.29) is 4.49 Å². The van der Waals surface area contributed by atoms with Gasteiger partial charge in [-0.15, -0.1) is 0 Å². The fraction of sp³-hybridized carbons (Fsp3) is 0.333. The monoisotopic (exact) mass is 304 g/mol. The van der Waals surface area contributed by atoms with E-state index in [1.165, 1.54) is 24.5 Å². The molecule has 1 aromatic rings. The van der Waals surface area contributed by atoms with Crippen LogP contribution in [0, 0.1) is 0 Å². The molecule has 0 aliphatic heterocycles. The van der Waals surface area contributed by atoms with E-state index in [9.17, 15) is 10.0 Å². The van der Waals surface area contributed by atoms with Gasteiger partial charge in [-0.05, 0) is 32.9 Å². The van der Waals surface area contributed by atoms with Crippen LogP contribution in [0.3, 0.4) is 0 Å². The van der Waals surface area contributed by atoms with E-state index in [2.05, 4.69) is 4.99 Å². The molecule has 0 saturated carbocycles. The molecule has 0 bridgehead atoms. The predicted octanol–water partition coefficient (Wildman–Crippen LogP) is 3.34. The van der Waals surface area contributed by atoms with Crippen molar-refractivity contribution in [2.75, 3.05) is 0 Å². The molecular weight excluding hydrogens is 291 g/mol. The Bertz CT molecular complexity index is 567. The number of hydrogen-bond donors (Lipinski definition) is 1. The number of nitrogens with zero attached hydrogens (tertiary/aromatic N) is 2. The number of carbonyl (C=O) groups excluding carboxylic acids is 1. The first kappa shape index (κ1) is 15.6. The summed E-state index contributed by atoms with van der Waals surface area (Å²) < 4.78 is 5.85. The van der Waals surface area contributed by atoms with E-state index in [1.54, 1.807) is 20.8 Å². The van der Waals surface area contributed by atoms with E-state index < -0.39 is 11.7 Å². The van der Waals surface area contributed by atoms with Crippen LogP contribution in [0.2, 0.25) is 0 Å². The summed E-state index contributed by atoms with van der Waals surface area (Å²) in [6.07, 6.45) is 3.26. The number of rotatable bonds is 1. The minimum Gasteiger partial charge on any atom is -0.442 e. The molecule has 1 amide bonds. The fourth-order valence-electron chi connectivity index (χ4n) is 1.21. The van der Waals surface area contributed by atoms with Crippen LogP contribution >= 0.6 is 23.2 Å². The summed E-state index contributed by atoms with van der Waals surface area (Å²) in [5.74, 6) is 0. The first-order valence-electron chi connectivity index (χ1n) is 5.39. The van der Waals surface area contributed by atoms with E-state index in [0.29, 0.717) is 10.9 Å². The molecule has 0 radical (unpaired) electrons. The van der Waals surface area contributed by atoms with Crippen LogP contribution in [0.15, 0.2) is 27.9 Å². The van der Waals surface area contributed by atoms with Gasteiger partial charge in [0.25, 0.3) is 0 Å². The highest BCUT2D eigenvalue weighted by Crippen LogP contribution is 2.11. The van der Waals surface area contributed by atoms with E-state index in [0.717, 1.165) is 4.73 Å². The van der Waals surface area contributed by atoms with Crippen molar-refractivity contribution >= 4 is 35.4 Å². The summed E-state index contributed by atoms with van der Waals surface area (Å²) in [4.78, 5) is 15.4. The Kier molecular flexibility index (Phi) is 5.03. The molecule has 7 heteroatoms. The summed E-state index contributed by atoms with van der Waals surface area (Å²) in [5.41, 5.74) is -0.247. The van der Waals surface area contributed by atoms with Gasteiger partial charge in [0.05, 0.1) is 11.6 Å². The third-order valence-corrected chi connectivity index (χ3v) is 2.04. The topological polar surface area (TPSA) is 63.8 Å². The van der Waals surface area contributed by atoms with Crippen LogP contribution in [0.1, 0.15) is 26.3 Å². The molecule has 1 heterocycles. The Morgan fingerprint density at radius 2 is 2.11 bits per heavy atom. The molecule has 104 valence electrons. The molecule has 0 aromatic carbocycles. The number of pyridine rings is 1. The number of amides is 1. The second-order valence-corrected chi connectivity index (χ2v) is 5.70. The highest BCUT2D eigenvalue weighted by molar-refractivity contribution is 6.57. The zero-order chi connectivity index (χ0) is 14.6. The van der Waals surface area contributed by atoms with Crippen molar-refractivity contribution < 1.29 is 14.7 Å². The standard InChI is InChI=1S/C12H14Cl2N2O3/c1-12(2,3)19-11(17)15-9-4-5-16(18)7-8(9)6-10(13)14/h4-7,18H,1-3H3/b15-9+. The number of halogens is 2. The second-order valence-electron chi connectivity index (χ2n) is 4.69. The Morgan fingerprint density at radius 3 is 2.63 bits per heavy atom. The van der Waals surface area contributed by atoms with Crippen molar-refractivity contribution in [1.29, 1.82) is 0 Å². The third kappa shape index (κ3) is 5.81. The number of aromatic nitrogens is 1. The molecule has 19 heavy (non-hydrogen) atoms. The molecular formula is C12H14Cl2N2O3. The Labute approximate surface area is 120 Å². The average Bonchev–Trinajstić information content (AvgIpc) is 2.18. The SMILES string of the molecule is CC(C)(C)OC(=O)/N=c1\ccn(O)cc1C=C(Cl)Cl. The summed E-state index contributed by atoms with van der Waals surface area (Å²) in [5, 5.41) is 9.60. The summed E-state index contributed by atoms with van der Waals surface area (Å²) >= 11 is 11.1. The van der Waals surface area contributed by atoms with Crippen molar-refractivity contribution in [2.24, 2.45) is 4.99 Å². The van der Waals surface area contributed by atoms with Crippen LogP contribution < -0.4 is 5.36 Å². The largest absolute Gasteiger partial charge is 0.442 e. The van der Waals surface area contributed by atoms with Crippen molar-refractivity contribution in [1.82, 2.24) is 4.73 Å². The number of carbonyl (C=O) groups is 1. The second kappa shape index (κ2) is 6.12. The molecule has 0 spiro atoms. The fourth-order valence-corrected chi connectivity index (χ4v) is 1.44. The number of hydrogen-bond acceptors (Lipinski definition) is 3. The third-order valence-electron chi connectivity index (χ3n) is 1.82. The van der Waals surface area contributed by atoms with Crippen molar-refractivity contribution in [3.8, 4) is 0 Å². The lowest BCUT2D eigenvalue weighted by Crippen LogP contribution is -2.23. The van der Waals surface area contributed by atoms with E-state index in [4.69, 9.17) is 27.9 Å². The lowest BCUT2D eigenvalue weighted by atomic mass is 10.2. The van der Waals surface area contributed by atoms with E-state index >= 15 is 0 Å². The smallest absolute Gasteiger partial charge is 0.434 e. The zero-order valence-corrected chi connectivity index (χ0v) is 12.2. The van der Waals surface area contributed by atoms with E-state index in [1.807, 2.05) is 0 Å². The normalized spacial score (nSPS) is 12.2. The average molecular weight is 305 g/mol. The molecule has 0 fully saturated rings. The Balaban J connectivity index is 3.19. The van der Waals surface area contributed by atoms with Gasteiger partial charge in [0.1, 0.15) is 10.1 Å². The lowest BCUT2D eigenvalue weighted by Gasteiger charge is -2.17. The van der Waals surface area contributed by atoms with Gasteiger partial charge in [0, 0.05) is 11.8 Å². The molecule has 1 rings (SSSR count). The maximum Gasteiger partial charge on any atom is 0.434 e. The molecule has 0 atom stereocenters. The molecule has 0 saturated heterocycles.